The number of hydrogen-bond donors (Lipinski definition) is 1. The molecule has 0 aliphatic carbocycles. The third kappa shape index (κ3) is 4.42. The van der Waals surface area contributed by atoms with Crippen molar-refractivity contribution in [3.63, 3.8) is 0 Å². The van der Waals surface area contributed by atoms with Gasteiger partial charge in [0, 0.05) is 31.9 Å². The SMILES string of the molecule is CCc1nccn1CCNC(=O)[C@H](c1ccc(C)cc1)N(C)C. The van der Waals surface area contributed by atoms with E-state index in [0.29, 0.717) is 6.54 Å². The van der Waals surface area contributed by atoms with E-state index in [1.165, 1.54) is 5.56 Å². The van der Waals surface area contributed by atoms with Gasteiger partial charge in [0.15, 0.2) is 0 Å². The summed E-state index contributed by atoms with van der Waals surface area (Å²) in [5.41, 5.74) is 2.20. The summed E-state index contributed by atoms with van der Waals surface area (Å²) in [6, 6.07) is 7.84. The van der Waals surface area contributed by atoms with Gasteiger partial charge in [-0.2, -0.15) is 0 Å². The molecule has 1 N–H and O–H groups in total. The number of imidazole rings is 1. The molecule has 0 spiro atoms. The van der Waals surface area contributed by atoms with Crippen LogP contribution in [0, 0.1) is 6.92 Å². The van der Waals surface area contributed by atoms with E-state index in [1.807, 2.05) is 56.4 Å². The predicted molar refractivity (Wildman–Crippen MR) is 92.2 cm³/mol. The van der Waals surface area contributed by atoms with Crippen LogP contribution in [0.3, 0.4) is 0 Å². The zero-order valence-electron chi connectivity index (χ0n) is 14.4. The third-order valence-corrected chi connectivity index (χ3v) is 3.93. The maximum Gasteiger partial charge on any atom is 0.242 e. The number of benzene rings is 1. The molecule has 1 aromatic carbocycles. The monoisotopic (exact) mass is 314 g/mol. The number of carbonyl (C=O) groups excluding carboxylic acids is 1. The summed E-state index contributed by atoms with van der Waals surface area (Å²) in [6.45, 7) is 5.46. The number of nitrogens with one attached hydrogen (secondary N) is 1. The van der Waals surface area contributed by atoms with Crippen LogP contribution in [0.25, 0.3) is 0 Å². The third-order valence-electron chi connectivity index (χ3n) is 3.93. The first kappa shape index (κ1) is 17.2. The van der Waals surface area contributed by atoms with E-state index in [0.717, 1.165) is 24.4 Å². The number of likely N-dealkylation sites (N-methyl/N-ethyl adjacent to an activating group) is 1. The predicted octanol–water partition coefficient (Wildman–Crippen LogP) is 2.17. The Kier molecular flexibility index (Phi) is 5.93. The van der Waals surface area contributed by atoms with Crippen LogP contribution in [0.4, 0.5) is 0 Å². The topological polar surface area (TPSA) is 50.2 Å². The first-order chi connectivity index (χ1) is 11.0. The van der Waals surface area contributed by atoms with Gasteiger partial charge in [-0.25, -0.2) is 4.98 Å². The lowest BCUT2D eigenvalue weighted by molar-refractivity contribution is -0.125. The van der Waals surface area contributed by atoms with Gasteiger partial charge in [0.05, 0.1) is 0 Å². The molecule has 0 unspecified atom stereocenters. The van der Waals surface area contributed by atoms with E-state index in [1.54, 1.807) is 6.20 Å². The lowest BCUT2D eigenvalue weighted by Gasteiger charge is -2.24. The second-order valence-electron chi connectivity index (χ2n) is 5.96. The van der Waals surface area contributed by atoms with Crippen molar-refractivity contribution in [2.24, 2.45) is 0 Å². The number of aryl methyl sites for hydroxylation is 2. The van der Waals surface area contributed by atoms with Gasteiger partial charge in [-0.15, -0.1) is 0 Å². The highest BCUT2D eigenvalue weighted by Crippen LogP contribution is 2.18. The molecule has 0 fully saturated rings. The molecule has 0 radical (unpaired) electrons. The lowest BCUT2D eigenvalue weighted by Crippen LogP contribution is -2.38. The van der Waals surface area contributed by atoms with Crippen LogP contribution in [0.5, 0.6) is 0 Å². The van der Waals surface area contributed by atoms with Gasteiger partial charge >= 0.3 is 0 Å². The Morgan fingerprint density at radius 1 is 1.30 bits per heavy atom. The quantitative estimate of drug-likeness (QED) is 0.852. The molecule has 124 valence electrons. The Morgan fingerprint density at radius 2 is 2.00 bits per heavy atom. The number of amides is 1. The van der Waals surface area contributed by atoms with Gasteiger partial charge in [0.1, 0.15) is 11.9 Å². The fourth-order valence-corrected chi connectivity index (χ4v) is 2.69. The maximum atomic E-state index is 12.6. The van der Waals surface area contributed by atoms with E-state index in [4.69, 9.17) is 0 Å². The van der Waals surface area contributed by atoms with Crippen LogP contribution in [-0.4, -0.2) is 41.0 Å². The molecule has 0 saturated heterocycles. The van der Waals surface area contributed by atoms with Crippen molar-refractivity contribution in [3.05, 3.63) is 53.6 Å². The van der Waals surface area contributed by atoms with Crippen molar-refractivity contribution in [1.82, 2.24) is 19.8 Å². The Morgan fingerprint density at radius 3 is 2.61 bits per heavy atom. The van der Waals surface area contributed by atoms with E-state index < -0.39 is 0 Å². The molecular formula is C18H26N4O. The Bertz CT molecular complexity index is 631. The molecule has 5 heteroatoms. The van der Waals surface area contributed by atoms with Crippen LogP contribution >= 0.6 is 0 Å². The molecule has 0 saturated carbocycles. The molecule has 1 amide bonds. The minimum Gasteiger partial charge on any atom is -0.353 e. The highest BCUT2D eigenvalue weighted by Gasteiger charge is 2.22. The van der Waals surface area contributed by atoms with Crippen LogP contribution < -0.4 is 5.32 Å². The van der Waals surface area contributed by atoms with Crippen molar-refractivity contribution >= 4 is 5.91 Å². The van der Waals surface area contributed by atoms with Crippen molar-refractivity contribution in [3.8, 4) is 0 Å². The fraction of sp³-hybridized carbons (Fsp3) is 0.444. The molecule has 23 heavy (non-hydrogen) atoms. The second kappa shape index (κ2) is 7.92. The maximum absolute atomic E-state index is 12.6. The van der Waals surface area contributed by atoms with Gasteiger partial charge in [0.2, 0.25) is 5.91 Å². The summed E-state index contributed by atoms with van der Waals surface area (Å²) in [6.07, 6.45) is 4.65. The first-order valence-electron chi connectivity index (χ1n) is 8.03. The second-order valence-corrected chi connectivity index (χ2v) is 5.96. The van der Waals surface area contributed by atoms with Crippen molar-refractivity contribution in [1.29, 1.82) is 0 Å². The molecule has 0 aliphatic rings. The molecule has 0 aliphatic heterocycles. The van der Waals surface area contributed by atoms with E-state index in [2.05, 4.69) is 21.8 Å². The minimum absolute atomic E-state index is 0.0250. The van der Waals surface area contributed by atoms with Gasteiger partial charge in [-0.3, -0.25) is 9.69 Å². The molecular weight excluding hydrogens is 288 g/mol. The minimum atomic E-state index is -0.274. The zero-order valence-corrected chi connectivity index (χ0v) is 14.4. The highest BCUT2D eigenvalue weighted by molar-refractivity contribution is 5.83. The standard InChI is InChI=1S/C18H26N4O/c1-5-16-19-10-12-22(16)13-11-20-18(23)17(21(3)4)15-8-6-14(2)7-9-15/h6-10,12,17H,5,11,13H2,1-4H3,(H,20,23)/t17-/m0/s1. The summed E-state index contributed by atoms with van der Waals surface area (Å²) in [5.74, 6) is 1.07. The zero-order chi connectivity index (χ0) is 16.8. The Labute approximate surface area is 138 Å². The molecule has 0 bridgehead atoms. The van der Waals surface area contributed by atoms with Crippen LogP contribution in [0.15, 0.2) is 36.7 Å². The summed E-state index contributed by atoms with van der Waals surface area (Å²) in [5, 5.41) is 3.04. The number of nitrogens with zero attached hydrogens (tertiary/aromatic N) is 3. The van der Waals surface area contributed by atoms with Crippen molar-refractivity contribution in [2.45, 2.75) is 32.9 Å². The van der Waals surface area contributed by atoms with Gasteiger partial charge < -0.3 is 9.88 Å². The molecule has 1 aromatic heterocycles. The smallest absolute Gasteiger partial charge is 0.242 e. The molecule has 1 heterocycles. The lowest BCUT2D eigenvalue weighted by atomic mass is 10.0. The average molecular weight is 314 g/mol. The number of hydrogen-bond acceptors (Lipinski definition) is 3. The average Bonchev–Trinajstić information content (AvgIpc) is 2.96. The largest absolute Gasteiger partial charge is 0.353 e. The molecule has 5 nitrogen and oxygen atoms in total. The first-order valence-corrected chi connectivity index (χ1v) is 8.03. The van der Waals surface area contributed by atoms with Crippen LogP contribution in [0.2, 0.25) is 0 Å². The fourth-order valence-electron chi connectivity index (χ4n) is 2.69. The number of carbonyl (C=O) groups is 1. The van der Waals surface area contributed by atoms with Crippen LogP contribution in [-0.2, 0) is 17.8 Å². The molecule has 1 atom stereocenters. The van der Waals surface area contributed by atoms with Gasteiger partial charge in [-0.1, -0.05) is 36.8 Å². The van der Waals surface area contributed by atoms with Gasteiger partial charge in [-0.05, 0) is 26.6 Å². The highest BCUT2D eigenvalue weighted by atomic mass is 16.2. The normalized spacial score (nSPS) is 12.4. The van der Waals surface area contributed by atoms with Crippen molar-refractivity contribution in [2.75, 3.05) is 20.6 Å². The summed E-state index contributed by atoms with van der Waals surface area (Å²) in [4.78, 5) is 18.8. The van der Waals surface area contributed by atoms with E-state index >= 15 is 0 Å². The summed E-state index contributed by atoms with van der Waals surface area (Å²) < 4.78 is 2.08. The number of rotatable bonds is 7. The summed E-state index contributed by atoms with van der Waals surface area (Å²) >= 11 is 0. The van der Waals surface area contributed by atoms with Crippen LogP contribution in [0.1, 0.15) is 29.9 Å². The van der Waals surface area contributed by atoms with Crippen molar-refractivity contribution < 1.29 is 4.79 Å². The molecule has 2 aromatic rings. The van der Waals surface area contributed by atoms with Gasteiger partial charge in [0.25, 0.3) is 0 Å². The Balaban J connectivity index is 1.97. The Hall–Kier alpha value is -2.14. The molecule has 2 rings (SSSR count). The number of aromatic nitrogens is 2. The summed E-state index contributed by atoms with van der Waals surface area (Å²) in [7, 11) is 3.85. The van der Waals surface area contributed by atoms with E-state index in [9.17, 15) is 4.79 Å². The van der Waals surface area contributed by atoms with E-state index in [-0.39, 0.29) is 11.9 Å².